The molecular weight excluding hydrogens is 684 g/mol. The Morgan fingerprint density at radius 1 is 1.02 bits per heavy atom. The molecule has 0 bridgehead atoms. The van der Waals surface area contributed by atoms with Gasteiger partial charge < -0.3 is 28.8 Å². The highest BCUT2D eigenvalue weighted by Crippen LogP contribution is 2.43. The number of carbonyl (C=O) groups is 1. The maximum Gasteiger partial charge on any atom is 0.421 e. The number of aromatic nitrogens is 2. The van der Waals surface area contributed by atoms with Gasteiger partial charge in [-0.15, -0.1) is 0 Å². The lowest BCUT2D eigenvalue weighted by Gasteiger charge is -2.16. The van der Waals surface area contributed by atoms with Crippen molar-refractivity contribution in [2.75, 3.05) is 20.5 Å². The molecule has 4 aromatic rings. The number of phenolic OH excluding ortho intramolecular Hbond substituents is 1. The second-order valence-electron chi connectivity index (χ2n) is 11.2. The molecule has 0 fully saturated rings. The second kappa shape index (κ2) is 14.3. The summed E-state index contributed by atoms with van der Waals surface area (Å²) in [6.07, 6.45) is 2.77. The van der Waals surface area contributed by atoms with Crippen LogP contribution < -0.4 is 40.8 Å². The van der Waals surface area contributed by atoms with Crippen molar-refractivity contribution >= 4 is 34.2 Å². The van der Waals surface area contributed by atoms with Gasteiger partial charge in [0.2, 0.25) is 6.79 Å². The fraction of sp³-hybridized carbons (Fsp3) is 0.250. The smallest absolute Gasteiger partial charge is 0.421 e. The lowest BCUT2D eigenvalue weighted by molar-refractivity contribution is 0.115. The number of halogens is 1. The van der Waals surface area contributed by atoms with Gasteiger partial charge in [-0.25, -0.2) is 9.36 Å². The minimum atomic E-state index is -1.05. The van der Waals surface area contributed by atoms with Gasteiger partial charge in [-0.1, -0.05) is 43.0 Å². The van der Waals surface area contributed by atoms with E-state index in [1.54, 1.807) is 39.8 Å². The fourth-order valence-corrected chi connectivity index (χ4v) is 5.81. The van der Waals surface area contributed by atoms with Crippen molar-refractivity contribution in [3.63, 3.8) is 0 Å². The van der Waals surface area contributed by atoms with Crippen LogP contribution in [-0.4, -0.2) is 46.9 Å². The molecular formula is C36H35BrN2O9. The van der Waals surface area contributed by atoms with E-state index < -0.39 is 23.3 Å². The normalized spacial score (nSPS) is 12.8. The molecule has 1 N–H and O–H groups in total. The predicted octanol–water partition coefficient (Wildman–Crippen LogP) is 4.50. The number of ether oxygens (including phenoxy) is 5. The summed E-state index contributed by atoms with van der Waals surface area (Å²) < 4.78 is 30.6. The minimum Gasteiger partial charge on any atom is -0.504 e. The summed E-state index contributed by atoms with van der Waals surface area (Å²) >= 11 is 3.52. The van der Waals surface area contributed by atoms with Crippen LogP contribution in [0.25, 0.3) is 12.2 Å². The molecule has 11 nitrogen and oxygen atoms in total. The molecule has 0 unspecified atom stereocenters. The highest BCUT2D eigenvalue weighted by molar-refractivity contribution is 9.10. The lowest BCUT2D eigenvalue weighted by Crippen LogP contribution is -2.60. The number of carbonyl (C=O) groups excluding carboxylic acids is 1. The summed E-state index contributed by atoms with van der Waals surface area (Å²) in [5, 5.41) is 10.3. The third-order valence-corrected chi connectivity index (χ3v) is 8.63. The summed E-state index contributed by atoms with van der Waals surface area (Å²) in [7, 11) is 1.42. The number of methoxy groups -OCH3 is 1. The highest BCUT2D eigenvalue weighted by atomic mass is 79.9. The van der Waals surface area contributed by atoms with E-state index in [9.17, 15) is 19.5 Å². The van der Waals surface area contributed by atoms with E-state index in [1.165, 1.54) is 29.9 Å². The molecule has 0 spiro atoms. The average molecular weight is 720 g/mol. The van der Waals surface area contributed by atoms with Crippen molar-refractivity contribution in [1.82, 2.24) is 9.13 Å². The Labute approximate surface area is 284 Å². The number of aromatic hydroxyl groups is 1. The van der Waals surface area contributed by atoms with Crippen molar-refractivity contribution in [2.45, 2.75) is 40.3 Å². The van der Waals surface area contributed by atoms with Crippen molar-refractivity contribution < 1.29 is 33.6 Å². The van der Waals surface area contributed by atoms with E-state index in [0.29, 0.717) is 48.5 Å². The van der Waals surface area contributed by atoms with Gasteiger partial charge in [0.15, 0.2) is 23.0 Å². The number of rotatable bonds is 9. The van der Waals surface area contributed by atoms with E-state index in [-0.39, 0.29) is 42.1 Å². The van der Waals surface area contributed by atoms with Crippen LogP contribution in [0.1, 0.15) is 41.7 Å². The van der Waals surface area contributed by atoms with Gasteiger partial charge in [-0.3, -0.25) is 14.2 Å². The number of hydrogen-bond donors (Lipinski definition) is 1. The van der Waals surface area contributed by atoms with Crippen LogP contribution in [0.15, 0.2) is 69.2 Å². The number of nitrogens with zero attached hydrogens (tertiary/aromatic N) is 2. The summed E-state index contributed by atoms with van der Waals surface area (Å²) in [5.74, 6) is 1.36. The topological polar surface area (TPSA) is 127 Å². The van der Waals surface area contributed by atoms with E-state index in [1.807, 2.05) is 30.3 Å². The molecule has 0 aliphatic carbocycles. The van der Waals surface area contributed by atoms with E-state index in [0.717, 1.165) is 5.56 Å². The Balaban J connectivity index is 1.94. The van der Waals surface area contributed by atoms with Gasteiger partial charge in [0, 0.05) is 21.2 Å². The summed E-state index contributed by atoms with van der Waals surface area (Å²) in [6.45, 7) is 10.7. The zero-order chi connectivity index (χ0) is 34.7. The lowest BCUT2D eigenvalue weighted by atomic mass is 10.1. The molecule has 2 heterocycles. The van der Waals surface area contributed by atoms with E-state index >= 15 is 0 Å². The number of benzene rings is 3. The maximum absolute atomic E-state index is 14.6. The van der Waals surface area contributed by atoms with Crippen LogP contribution in [0.4, 0.5) is 4.79 Å². The van der Waals surface area contributed by atoms with Gasteiger partial charge in [0.1, 0.15) is 23.1 Å². The summed E-state index contributed by atoms with van der Waals surface area (Å²) in [6, 6.07) is 12.2. The van der Waals surface area contributed by atoms with Gasteiger partial charge in [-0.2, -0.15) is 0 Å². The third-order valence-electron chi connectivity index (χ3n) is 7.57. The largest absolute Gasteiger partial charge is 0.504 e. The molecule has 0 saturated heterocycles. The van der Waals surface area contributed by atoms with Crippen molar-refractivity contribution in [3.8, 4) is 28.7 Å². The Morgan fingerprint density at radius 2 is 1.73 bits per heavy atom. The standard InChI is InChI=1S/C36H35BrN2O9/c1-7-13-45-31-22(5)33-29(46-19-47-33)17-25(31)15-26-35(42)39(36(43)48-20(2)3)27(34(41)38(26)18-23-11-9-8-10-12-23)14-24-16-28(40)32(44-6)21(4)30(24)37/h7-12,14-17,20,40H,1,13,18-19H2,2-6H3/b26-15+,27-14+. The van der Waals surface area contributed by atoms with Crippen LogP contribution in [0.3, 0.4) is 0 Å². The molecule has 1 aliphatic rings. The zero-order valence-corrected chi connectivity index (χ0v) is 28.8. The quantitative estimate of drug-likeness (QED) is 0.249. The first-order valence-electron chi connectivity index (χ1n) is 15.0. The highest BCUT2D eigenvalue weighted by Gasteiger charge is 2.24. The Bertz CT molecular complexity index is 2150. The number of phenols is 1. The maximum atomic E-state index is 14.6. The fourth-order valence-electron chi connectivity index (χ4n) is 5.41. The van der Waals surface area contributed by atoms with Crippen LogP contribution in [0.2, 0.25) is 0 Å². The number of hydrogen-bond acceptors (Lipinski definition) is 9. The molecule has 12 heteroatoms. The molecule has 0 atom stereocenters. The van der Waals surface area contributed by atoms with Crippen LogP contribution >= 0.6 is 15.9 Å². The molecule has 1 aliphatic heterocycles. The van der Waals surface area contributed by atoms with Gasteiger partial charge >= 0.3 is 6.09 Å². The molecule has 1 aromatic heterocycles. The number of fused-ring (bicyclic) bond motifs is 1. The molecule has 5 rings (SSSR count). The SMILES string of the molecule is C=CCOc1c(/C=c2\c(=O)n(C(=O)OC(C)C)/c(=C/c3cc(O)c(OC)c(C)c3Br)c(=O)n2Cc2ccccc2)cc2c(c1C)OCO2. The van der Waals surface area contributed by atoms with Gasteiger partial charge in [-0.05, 0) is 79.0 Å². The predicted molar refractivity (Wildman–Crippen MR) is 184 cm³/mol. The minimum absolute atomic E-state index is 0.00751. The van der Waals surface area contributed by atoms with Crippen LogP contribution in [0, 0.1) is 13.8 Å². The average Bonchev–Trinajstić information content (AvgIpc) is 3.53. The molecule has 250 valence electrons. The Hall–Kier alpha value is -5.23. The van der Waals surface area contributed by atoms with Gasteiger partial charge in [0.25, 0.3) is 11.1 Å². The Morgan fingerprint density at radius 3 is 2.40 bits per heavy atom. The van der Waals surface area contributed by atoms with E-state index in [4.69, 9.17) is 23.7 Å². The first-order valence-corrected chi connectivity index (χ1v) is 15.8. The molecule has 3 aromatic carbocycles. The Kier molecular flexibility index (Phi) is 10.1. The third kappa shape index (κ3) is 6.61. The first kappa shape index (κ1) is 34.1. The van der Waals surface area contributed by atoms with Crippen LogP contribution in [-0.2, 0) is 11.3 Å². The van der Waals surface area contributed by atoms with E-state index in [2.05, 4.69) is 22.5 Å². The molecule has 0 radical (unpaired) electrons. The molecule has 0 amide bonds. The van der Waals surface area contributed by atoms with Crippen molar-refractivity contribution in [2.24, 2.45) is 0 Å². The summed E-state index contributed by atoms with van der Waals surface area (Å²) in [4.78, 5) is 42.9. The summed E-state index contributed by atoms with van der Waals surface area (Å²) in [5.41, 5.74) is 1.14. The first-order chi connectivity index (χ1) is 23.0. The second-order valence-corrected chi connectivity index (χ2v) is 12.0. The van der Waals surface area contributed by atoms with Gasteiger partial charge in [0.05, 0.1) is 19.8 Å². The molecule has 48 heavy (non-hydrogen) atoms. The zero-order valence-electron chi connectivity index (χ0n) is 27.2. The van der Waals surface area contributed by atoms with Crippen molar-refractivity contribution in [1.29, 1.82) is 0 Å². The monoisotopic (exact) mass is 718 g/mol. The van der Waals surface area contributed by atoms with Crippen molar-refractivity contribution in [3.05, 3.63) is 119 Å². The van der Waals surface area contributed by atoms with Crippen LogP contribution in [0.5, 0.6) is 28.7 Å². The molecule has 0 saturated carbocycles.